The maximum absolute atomic E-state index is 12.5. The minimum Gasteiger partial charge on any atom is -0.361 e. The van der Waals surface area contributed by atoms with Crippen molar-refractivity contribution in [3.05, 3.63) is 23.0 Å². The summed E-state index contributed by atoms with van der Waals surface area (Å²) in [5.41, 5.74) is 2.77. The van der Waals surface area contributed by atoms with E-state index >= 15 is 0 Å². The summed E-state index contributed by atoms with van der Waals surface area (Å²) in [7, 11) is 0. The normalized spacial score (nSPS) is 31.7. The number of rotatable bonds is 2. The third-order valence-corrected chi connectivity index (χ3v) is 5.65. The Kier molecular flexibility index (Phi) is 4.31. The highest BCUT2D eigenvalue weighted by molar-refractivity contribution is 5.96. The zero-order valence-electron chi connectivity index (χ0n) is 15.7. The van der Waals surface area contributed by atoms with E-state index in [4.69, 9.17) is 0 Å². The lowest BCUT2D eigenvalue weighted by Gasteiger charge is -2.46. The van der Waals surface area contributed by atoms with E-state index in [1.54, 1.807) is 0 Å². The van der Waals surface area contributed by atoms with E-state index in [1.165, 1.54) is 0 Å². The second-order valence-corrected chi connectivity index (χ2v) is 8.80. The maximum Gasteiger partial charge on any atom is 0.253 e. The number of hydrogen-bond acceptors (Lipinski definition) is 4. The molecular formula is C19H29N5O2. The summed E-state index contributed by atoms with van der Waals surface area (Å²) in [6.45, 7) is 6.87. The molecule has 1 saturated heterocycles. The molecule has 7 nitrogen and oxygen atoms in total. The van der Waals surface area contributed by atoms with Gasteiger partial charge >= 0.3 is 0 Å². The second-order valence-electron chi connectivity index (χ2n) is 8.80. The van der Waals surface area contributed by atoms with Gasteiger partial charge in [0.15, 0.2) is 0 Å². The average Bonchev–Trinajstić information content (AvgIpc) is 2.99. The number of hydrogen-bond donors (Lipinski definition) is 5. The summed E-state index contributed by atoms with van der Waals surface area (Å²) in [4.78, 5) is 28.1. The Morgan fingerprint density at radius 3 is 2.73 bits per heavy atom. The van der Waals surface area contributed by atoms with Gasteiger partial charge in [0.1, 0.15) is 6.17 Å². The number of fused-ring (bicyclic) bond motifs is 2. The van der Waals surface area contributed by atoms with Gasteiger partial charge in [-0.1, -0.05) is 6.42 Å². The predicted octanol–water partition coefficient (Wildman–Crippen LogP) is 0.739. The summed E-state index contributed by atoms with van der Waals surface area (Å²) in [5.74, 6) is 0.294. The topological polar surface area (TPSA) is 98.0 Å². The van der Waals surface area contributed by atoms with Gasteiger partial charge in [-0.25, -0.2) is 0 Å². The first-order chi connectivity index (χ1) is 12.3. The van der Waals surface area contributed by atoms with Crippen LogP contribution in [0.15, 0.2) is 6.07 Å². The molecule has 1 aromatic rings. The van der Waals surface area contributed by atoms with Gasteiger partial charge in [0, 0.05) is 47.9 Å². The minimum absolute atomic E-state index is 0.0123. The molecule has 5 N–H and O–H groups in total. The van der Waals surface area contributed by atoms with Crippen molar-refractivity contribution in [1.29, 1.82) is 0 Å². The standard InChI is InChI=1S/C19H29N5O2/c1-19(2,3)24-16-18(26)22-13-6-4-5-10(15(13)23-16)14-9-11-12(21-14)7-8-20-17(11)25/h9-10,13,15-16,21,23-24H,4-8H2,1-3H3,(H,20,25)(H,22,26). The van der Waals surface area contributed by atoms with Crippen molar-refractivity contribution in [2.24, 2.45) is 0 Å². The Labute approximate surface area is 154 Å². The highest BCUT2D eigenvalue weighted by Crippen LogP contribution is 2.35. The quantitative estimate of drug-likeness (QED) is 0.538. The largest absolute Gasteiger partial charge is 0.361 e. The van der Waals surface area contributed by atoms with Crippen LogP contribution >= 0.6 is 0 Å². The number of carbonyl (C=O) groups excluding carboxylic acids is 2. The molecule has 1 aliphatic carbocycles. The van der Waals surface area contributed by atoms with Crippen LogP contribution in [0.4, 0.5) is 0 Å². The van der Waals surface area contributed by atoms with E-state index in [-0.39, 0.29) is 35.4 Å². The van der Waals surface area contributed by atoms with Crippen molar-refractivity contribution >= 4 is 11.8 Å². The maximum atomic E-state index is 12.5. The van der Waals surface area contributed by atoms with Gasteiger partial charge in [0.25, 0.3) is 11.8 Å². The Balaban J connectivity index is 1.59. The Hall–Kier alpha value is -1.86. The van der Waals surface area contributed by atoms with Gasteiger partial charge in [0.2, 0.25) is 0 Å². The Morgan fingerprint density at radius 2 is 2.00 bits per heavy atom. The van der Waals surface area contributed by atoms with Crippen molar-refractivity contribution in [3.8, 4) is 0 Å². The number of aromatic amines is 1. The number of piperazine rings is 1. The first-order valence-electron chi connectivity index (χ1n) is 9.66. The number of nitrogens with one attached hydrogen (secondary N) is 5. The van der Waals surface area contributed by atoms with Crippen LogP contribution < -0.4 is 21.3 Å². The third kappa shape index (κ3) is 3.25. The van der Waals surface area contributed by atoms with E-state index in [0.717, 1.165) is 42.6 Å². The molecule has 0 aromatic carbocycles. The van der Waals surface area contributed by atoms with Gasteiger partial charge in [0.05, 0.1) is 5.56 Å². The molecule has 142 valence electrons. The zero-order chi connectivity index (χ0) is 18.5. The van der Waals surface area contributed by atoms with Crippen LogP contribution in [0.5, 0.6) is 0 Å². The van der Waals surface area contributed by atoms with Crippen LogP contribution in [0.25, 0.3) is 0 Å². The van der Waals surface area contributed by atoms with Crippen molar-refractivity contribution < 1.29 is 9.59 Å². The van der Waals surface area contributed by atoms with Gasteiger partial charge in [-0.05, 0) is 39.7 Å². The molecule has 4 rings (SSSR count). The number of aromatic nitrogens is 1. The molecule has 0 spiro atoms. The molecule has 3 heterocycles. The summed E-state index contributed by atoms with van der Waals surface area (Å²) in [6, 6.07) is 2.30. The van der Waals surface area contributed by atoms with E-state index in [0.29, 0.717) is 6.54 Å². The van der Waals surface area contributed by atoms with E-state index < -0.39 is 6.17 Å². The van der Waals surface area contributed by atoms with Crippen LogP contribution in [0.3, 0.4) is 0 Å². The molecule has 1 saturated carbocycles. The van der Waals surface area contributed by atoms with Crippen molar-refractivity contribution in [3.63, 3.8) is 0 Å². The first-order valence-corrected chi connectivity index (χ1v) is 9.66. The Bertz CT molecular complexity index is 720. The molecule has 1 aromatic heterocycles. The number of H-pyrrole nitrogens is 1. The minimum atomic E-state index is -0.398. The third-order valence-electron chi connectivity index (χ3n) is 5.65. The molecule has 0 bridgehead atoms. The van der Waals surface area contributed by atoms with E-state index in [9.17, 15) is 9.59 Å². The monoisotopic (exact) mass is 359 g/mol. The van der Waals surface area contributed by atoms with Crippen LogP contribution in [0, 0.1) is 0 Å². The van der Waals surface area contributed by atoms with Crippen LogP contribution in [-0.2, 0) is 11.2 Å². The highest BCUT2D eigenvalue weighted by Gasteiger charge is 2.43. The van der Waals surface area contributed by atoms with Crippen molar-refractivity contribution in [2.45, 2.75) is 76.2 Å². The van der Waals surface area contributed by atoms with Gasteiger partial charge < -0.3 is 15.6 Å². The van der Waals surface area contributed by atoms with Crippen LogP contribution in [-0.4, -0.2) is 47.1 Å². The van der Waals surface area contributed by atoms with Crippen molar-refractivity contribution in [2.75, 3.05) is 6.54 Å². The van der Waals surface area contributed by atoms with Crippen LogP contribution in [0.1, 0.15) is 67.7 Å². The first kappa shape index (κ1) is 17.5. The lowest BCUT2D eigenvalue weighted by molar-refractivity contribution is -0.128. The average molecular weight is 359 g/mol. The Morgan fingerprint density at radius 1 is 1.19 bits per heavy atom. The second kappa shape index (κ2) is 6.39. The van der Waals surface area contributed by atoms with E-state index in [2.05, 4.69) is 47.0 Å². The molecule has 2 fully saturated rings. The summed E-state index contributed by atoms with van der Waals surface area (Å²) in [5, 5.41) is 13.0. The molecule has 4 atom stereocenters. The summed E-state index contributed by atoms with van der Waals surface area (Å²) >= 11 is 0. The number of amides is 2. The molecule has 3 aliphatic rings. The predicted molar refractivity (Wildman–Crippen MR) is 99.0 cm³/mol. The zero-order valence-corrected chi connectivity index (χ0v) is 15.7. The molecule has 7 heteroatoms. The molecule has 26 heavy (non-hydrogen) atoms. The lowest BCUT2D eigenvalue weighted by atomic mass is 9.77. The molecule has 0 radical (unpaired) electrons. The molecular weight excluding hydrogens is 330 g/mol. The summed E-state index contributed by atoms with van der Waals surface area (Å²) < 4.78 is 0. The smallest absolute Gasteiger partial charge is 0.253 e. The molecule has 2 aliphatic heterocycles. The molecule has 2 amide bonds. The van der Waals surface area contributed by atoms with Gasteiger partial charge in [-0.15, -0.1) is 0 Å². The van der Waals surface area contributed by atoms with E-state index in [1.807, 2.05) is 6.07 Å². The number of carbonyl (C=O) groups is 2. The lowest BCUT2D eigenvalue weighted by Crippen LogP contribution is -2.71. The molecule has 4 unspecified atom stereocenters. The summed E-state index contributed by atoms with van der Waals surface area (Å²) in [6.07, 6.45) is 3.56. The SMILES string of the molecule is CC(C)(C)NC1NC2C(CCCC2c2cc3c([nH]2)CCNC3=O)NC1=O. The van der Waals surface area contributed by atoms with Gasteiger partial charge in [-0.2, -0.15) is 0 Å². The fraction of sp³-hybridized carbons (Fsp3) is 0.684. The fourth-order valence-corrected chi connectivity index (χ4v) is 4.53. The fourth-order valence-electron chi connectivity index (χ4n) is 4.53. The van der Waals surface area contributed by atoms with Gasteiger partial charge in [-0.3, -0.25) is 20.2 Å². The highest BCUT2D eigenvalue weighted by atomic mass is 16.2. The van der Waals surface area contributed by atoms with Crippen molar-refractivity contribution in [1.82, 2.24) is 26.3 Å². The van der Waals surface area contributed by atoms with Crippen LogP contribution in [0.2, 0.25) is 0 Å².